The second-order valence-electron chi connectivity index (χ2n) is 5.19. The van der Waals surface area contributed by atoms with Crippen molar-refractivity contribution < 1.29 is 4.79 Å². The summed E-state index contributed by atoms with van der Waals surface area (Å²) in [6.45, 7) is 4.14. The number of fused-ring (bicyclic) bond motifs is 1. The topological polar surface area (TPSA) is 75.6 Å². The average Bonchev–Trinajstić information content (AvgIpc) is 3.04. The van der Waals surface area contributed by atoms with Gasteiger partial charge in [0.2, 0.25) is 11.9 Å². The van der Waals surface area contributed by atoms with Gasteiger partial charge in [-0.25, -0.2) is 4.98 Å². The van der Waals surface area contributed by atoms with Crippen molar-refractivity contribution >= 4 is 22.9 Å². The summed E-state index contributed by atoms with van der Waals surface area (Å²) in [6, 6.07) is 9.85. The lowest BCUT2D eigenvalue weighted by molar-refractivity contribution is -0.115. The molecule has 0 aliphatic carbocycles. The number of carbonyl (C=O) groups excluding carboxylic acids is 1. The van der Waals surface area contributed by atoms with E-state index in [9.17, 15) is 4.79 Å². The van der Waals surface area contributed by atoms with Crippen LogP contribution in [0.25, 0.3) is 11.0 Å². The highest BCUT2D eigenvalue weighted by Crippen LogP contribution is 2.24. The molecule has 1 aromatic carbocycles. The van der Waals surface area contributed by atoms with Crippen molar-refractivity contribution in [3.05, 3.63) is 42.2 Å². The van der Waals surface area contributed by atoms with Gasteiger partial charge in [0.1, 0.15) is 0 Å². The maximum atomic E-state index is 12.1. The van der Waals surface area contributed by atoms with Crippen LogP contribution in [0.4, 0.5) is 5.95 Å². The van der Waals surface area contributed by atoms with Gasteiger partial charge in [-0.05, 0) is 32.0 Å². The van der Waals surface area contributed by atoms with Crippen LogP contribution in [0, 0.1) is 0 Å². The quantitative estimate of drug-likeness (QED) is 0.772. The molecule has 3 rings (SSSR count). The molecule has 0 spiro atoms. The molecule has 2 aromatic heterocycles. The number of H-pyrrole nitrogens is 1. The summed E-state index contributed by atoms with van der Waals surface area (Å²) >= 11 is 0. The first-order valence-electron chi connectivity index (χ1n) is 6.90. The number of nitrogens with one attached hydrogen (secondary N) is 2. The van der Waals surface area contributed by atoms with E-state index < -0.39 is 0 Å². The van der Waals surface area contributed by atoms with Gasteiger partial charge in [0.25, 0.3) is 0 Å². The molecular weight excluding hydrogens is 266 g/mol. The molecular formula is C15H17N5O. The van der Waals surface area contributed by atoms with E-state index in [-0.39, 0.29) is 18.4 Å². The first kappa shape index (κ1) is 13.4. The van der Waals surface area contributed by atoms with Gasteiger partial charge < -0.3 is 4.57 Å². The molecule has 21 heavy (non-hydrogen) atoms. The molecule has 6 nitrogen and oxygen atoms in total. The number of amides is 1. The van der Waals surface area contributed by atoms with Crippen molar-refractivity contribution in [2.45, 2.75) is 26.3 Å². The van der Waals surface area contributed by atoms with Crippen molar-refractivity contribution in [2.75, 3.05) is 5.32 Å². The van der Waals surface area contributed by atoms with E-state index in [0.29, 0.717) is 5.95 Å². The normalized spacial score (nSPS) is 11.2. The van der Waals surface area contributed by atoms with Crippen molar-refractivity contribution in [3.8, 4) is 0 Å². The van der Waals surface area contributed by atoms with Gasteiger partial charge in [0.15, 0.2) is 0 Å². The van der Waals surface area contributed by atoms with Crippen LogP contribution in [0.15, 0.2) is 36.5 Å². The lowest BCUT2D eigenvalue weighted by Crippen LogP contribution is -2.18. The van der Waals surface area contributed by atoms with Crippen molar-refractivity contribution in [3.63, 3.8) is 0 Å². The van der Waals surface area contributed by atoms with Crippen LogP contribution in [0.1, 0.15) is 25.6 Å². The van der Waals surface area contributed by atoms with Gasteiger partial charge in [-0.15, -0.1) is 0 Å². The molecule has 0 fully saturated rings. The molecule has 0 unspecified atom stereocenters. The van der Waals surface area contributed by atoms with E-state index in [1.54, 1.807) is 12.3 Å². The summed E-state index contributed by atoms with van der Waals surface area (Å²) < 4.78 is 2.03. The number of imidazole rings is 1. The van der Waals surface area contributed by atoms with Gasteiger partial charge in [0.05, 0.1) is 17.5 Å². The van der Waals surface area contributed by atoms with E-state index in [1.807, 2.05) is 28.8 Å². The van der Waals surface area contributed by atoms with Crippen LogP contribution in [0.3, 0.4) is 0 Å². The minimum atomic E-state index is -0.114. The molecule has 0 saturated heterocycles. The fourth-order valence-corrected chi connectivity index (χ4v) is 2.38. The number of para-hydroxylation sites is 2. The van der Waals surface area contributed by atoms with Crippen molar-refractivity contribution in [1.82, 2.24) is 19.7 Å². The Morgan fingerprint density at radius 1 is 1.33 bits per heavy atom. The number of hydrogen-bond donors (Lipinski definition) is 2. The molecule has 2 heterocycles. The second kappa shape index (κ2) is 5.40. The minimum absolute atomic E-state index is 0.114. The monoisotopic (exact) mass is 283 g/mol. The van der Waals surface area contributed by atoms with E-state index in [0.717, 1.165) is 16.7 Å². The van der Waals surface area contributed by atoms with Gasteiger partial charge in [-0.2, -0.15) is 5.10 Å². The molecule has 2 N–H and O–H groups in total. The van der Waals surface area contributed by atoms with Gasteiger partial charge in [0, 0.05) is 17.9 Å². The molecule has 0 saturated carbocycles. The van der Waals surface area contributed by atoms with Gasteiger partial charge >= 0.3 is 0 Å². The predicted octanol–water partition coefficient (Wildman–Crippen LogP) is 2.52. The minimum Gasteiger partial charge on any atom is -0.307 e. The summed E-state index contributed by atoms with van der Waals surface area (Å²) in [5.41, 5.74) is 2.67. The molecule has 0 atom stereocenters. The lowest BCUT2D eigenvalue weighted by atomic mass is 10.3. The third kappa shape index (κ3) is 2.65. The lowest BCUT2D eigenvalue weighted by Gasteiger charge is -2.13. The van der Waals surface area contributed by atoms with Gasteiger partial charge in [-0.3, -0.25) is 15.2 Å². The van der Waals surface area contributed by atoms with Crippen molar-refractivity contribution in [2.24, 2.45) is 0 Å². The largest absolute Gasteiger partial charge is 0.307 e. The third-order valence-corrected chi connectivity index (χ3v) is 3.27. The summed E-state index contributed by atoms with van der Waals surface area (Å²) in [5.74, 6) is 0.465. The molecule has 3 aromatic rings. The van der Waals surface area contributed by atoms with Crippen LogP contribution in [-0.4, -0.2) is 25.7 Å². The Bertz CT molecular complexity index is 758. The number of rotatable bonds is 4. The number of aromatic nitrogens is 4. The Hall–Kier alpha value is -2.63. The van der Waals surface area contributed by atoms with Gasteiger partial charge in [-0.1, -0.05) is 12.1 Å². The highest BCUT2D eigenvalue weighted by atomic mass is 16.1. The van der Waals surface area contributed by atoms with E-state index in [1.165, 1.54) is 0 Å². The highest BCUT2D eigenvalue weighted by molar-refractivity contribution is 5.92. The third-order valence-electron chi connectivity index (χ3n) is 3.27. The van der Waals surface area contributed by atoms with Crippen LogP contribution in [-0.2, 0) is 11.2 Å². The first-order chi connectivity index (χ1) is 10.1. The van der Waals surface area contributed by atoms with Crippen LogP contribution >= 0.6 is 0 Å². The van der Waals surface area contributed by atoms with Crippen LogP contribution < -0.4 is 5.32 Å². The maximum Gasteiger partial charge on any atom is 0.232 e. The SMILES string of the molecule is CC(C)n1c(NC(=O)Cc2ccn[nH]2)nc2ccccc21. The molecule has 0 radical (unpaired) electrons. The maximum absolute atomic E-state index is 12.1. The number of aromatic amines is 1. The molecule has 0 aliphatic rings. The molecule has 108 valence electrons. The Balaban J connectivity index is 1.89. The standard InChI is InChI=1S/C15H17N5O/c1-10(2)20-13-6-4-3-5-12(13)17-15(20)18-14(21)9-11-7-8-16-19-11/h3-8,10H,9H2,1-2H3,(H,16,19)(H,17,18,21). The number of nitrogens with zero attached hydrogens (tertiary/aromatic N) is 3. The van der Waals surface area contributed by atoms with Crippen molar-refractivity contribution in [1.29, 1.82) is 0 Å². The molecule has 0 bridgehead atoms. The van der Waals surface area contributed by atoms with Crippen LogP contribution in [0.2, 0.25) is 0 Å². The smallest absolute Gasteiger partial charge is 0.232 e. The summed E-state index contributed by atoms with van der Waals surface area (Å²) in [4.78, 5) is 16.6. The van der Waals surface area contributed by atoms with E-state index in [2.05, 4.69) is 34.3 Å². The number of carbonyl (C=O) groups is 1. The fourth-order valence-electron chi connectivity index (χ4n) is 2.38. The molecule has 1 amide bonds. The van der Waals surface area contributed by atoms with E-state index >= 15 is 0 Å². The average molecular weight is 283 g/mol. The zero-order chi connectivity index (χ0) is 14.8. The number of anilines is 1. The molecule has 0 aliphatic heterocycles. The Kier molecular flexibility index (Phi) is 3.43. The Labute approximate surface area is 122 Å². The highest BCUT2D eigenvalue weighted by Gasteiger charge is 2.15. The summed E-state index contributed by atoms with van der Waals surface area (Å²) in [5, 5.41) is 9.50. The fraction of sp³-hybridized carbons (Fsp3) is 0.267. The number of hydrogen-bond acceptors (Lipinski definition) is 3. The molecule has 6 heteroatoms. The summed E-state index contributed by atoms with van der Waals surface area (Å²) in [6.07, 6.45) is 1.88. The Morgan fingerprint density at radius 2 is 2.14 bits per heavy atom. The van der Waals surface area contributed by atoms with Crippen LogP contribution in [0.5, 0.6) is 0 Å². The number of benzene rings is 1. The predicted molar refractivity (Wildman–Crippen MR) is 81.0 cm³/mol. The summed E-state index contributed by atoms with van der Waals surface area (Å²) in [7, 11) is 0. The van der Waals surface area contributed by atoms with E-state index in [4.69, 9.17) is 0 Å². The zero-order valence-corrected chi connectivity index (χ0v) is 12.0. The Morgan fingerprint density at radius 3 is 2.86 bits per heavy atom. The second-order valence-corrected chi connectivity index (χ2v) is 5.19. The zero-order valence-electron chi connectivity index (χ0n) is 12.0. The first-order valence-corrected chi connectivity index (χ1v) is 6.90.